The van der Waals surface area contributed by atoms with Crippen LogP contribution in [0.2, 0.25) is 5.15 Å². The highest BCUT2D eigenvalue weighted by molar-refractivity contribution is 6.33. The maximum atomic E-state index is 13.8. The van der Waals surface area contributed by atoms with Gasteiger partial charge in [-0.05, 0) is 23.8 Å². The first-order chi connectivity index (χ1) is 12.7. The lowest BCUT2D eigenvalue weighted by Crippen LogP contribution is -1.98. The van der Waals surface area contributed by atoms with Gasteiger partial charge in [-0.15, -0.1) is 10.2 Å². The van der Waals surface area contributed by atoms with Crippen LogP contribution in [0.1, 0.15) is 0 Å². The largest absolute Gasteiger partial charge is 0.264 e. The Labute approximate surface area is 155 Å². The van der Waals surface area contributed by atoms with Crippen molar-refractivity contribution in [3.05, 3.63) is 90.1 Å². The number of aromatic nitrogens is 3. The van der Waals surface area contributed by atoms with E-state index in [0.717, 1.165) is 22.3 Å². The van der Waals surface area contributed by atoms with E-state index in [-0.39, 0.29) is 11.0 Å². The molecule has 0 aliphatic rings. The lowest BCUT2D eigenvalue weighted by molar-refractivity contribution is 0.628. The van der Waals surface area contributed by atoms with Gasteiger partial charge in [-0.2, -0.15) is 0 Å². The van der Waals surface area contributed by atoms with Gasteiger partial charge in [0.05, 0.1) is 0 Å². The summed E-state index contributed by atoms with van der Waals surface area (Å²) in [5.74, 6) is -0.332. The van der Waals surface area contributed by atoms with Gasteiger partial charge >= 0.3 is 0 Å². The van der Waals surface area contributed by atoms with Crippen LogP contribution in [-0.4, -0.2) is 15.2 Å². The zero-order valence-electron chi connectivity index (χ0n) is 13.6. The summed E-state index contributed by atoms with van der Waals surface area (Å²) in [6.07, 6.45) is 3.42. The minimum atomic E-state index is -0.332. The van der Waals surface area contributed by atoms with Gasteiger partial charge in [0.25, 0.3) is 0 Å². The monoisotopic (exact) mass is 361 g/mol. The first-order valence-electron chi connectivity index (χ1n) is 8.02. The van der Waals surface area contributed by atoms with Crippen LogP contribution in [0.5, 0.6) is 0 Å². The Balaban J connectivity index is 2.08. The summed E-state index contributed by atoms with van der Waals surface area (Å²) in [6, 6.07) is 19.8. The molecule has 2 aromatic carbocycles. The summed E-state index contributed by atoms with van der Waals surface area (Å²) < 4.78 is 13.8. The van der Waals surface area contributed by atoms with Gasteiger partial charge in [0.2, 0.25) is 0 Å². The molecule has 0 aliphatic carbocycles. The van der Waals surface area contributed by atoms with E-state index in [4.69, 9.17) is 11.6 Å². The van der Waals surface area contributed by atoms with Gasteiger partial charge < -0.3 is 0 Å². The molecule has 5 heteroatoms. The van der Waals surface area contributed by atoms with E-state index < -0.39 is 0 Å². The molecule has 0 saturated carbocycles. The van der Waals surface area contributed by atoms with Crippen molar-refractivity contribution in [1.82, 2.24) is 15.2 Å². The zero-order chi connectivity index (χ0) is 17.9. The molecule has 4 rings (SSSR count). The zero-order valence-corrected chi connectivity index (χ0v) is 14.4. The van der Waals surface area contributed by atoms with E-state index in [1.807, 2.05) is 42.5 Å². The first kappa shape index (κ1) is 16.4. The van der Waals surface area contributed by atoms with Crippen LogP contribution >= 0.6 is 11.6 Å². The minimum absolute atomic E-state index is 0.275. The summed E-state index contributed by atoms with van der Waals surface area (Å²) in [5, 5.41) is 8.67. The Bertz CT molecular complexity index is 1050. The molecule has 0 unspecified atom stereocenters. The summed E-state index contributed by atoms with van der Waals surface area (Å²) >= 11 is 6.43. The molecule has 2 aromatic heterocycles. The molecule has 26 heavy (non-hydrogen) atoms. The molecule has 0 fully saturated rings. The molecular formula is C21H13ClFN3. The average molecular weight is 362 g/mol. The third kappa shape index (κ3) is 3.07. The number of benzene rings is 2. The van der Waals surface area contributed by atoms with Crippen molar-refractivity contribution < 1.29 is 4.39 Å². The Morgan fingerprint density at radius 3 is 2.23 bits per heavy atom. The number of rotatable bonds is 3. The van der Waals surface area contributed by atoms with Gasteiger partial charge in [-0.25, -0.2) is 4.39 Å². The normalized spacial score (nSPS) is 10.7. The average Bonchev–Trinajstić information content (AvgIpc) is 2.69. The molecule has 0 aliphatic heterocycles. The highest BCUT2D eigenvalue weighted by Gasteiger charge is 2.20. The number of nitrogens with zero attached hydrogens (tertiary/aromatic N) is 3. The van der Waals surface area contributed by atoms with Crippen LogP contribution in [-0.2, 0) is 0 Å². The van der Waals surface area contributed by atoms with E-state index in [9.17, 15) is 4.39 Å². The highest BCUT2D eigenvalue weighted by atomic mass is 35.5. The molecule has 0 atom stereocenters. The van der Waals surface area contributed by atoms with Gasteiger partial charge in [0, 0.05) is 34.6 Å². The summed E-state index contributed by atoms with van der Waals surface area (Å²) in [6.45, 7) is 0. The van der Waals surface area contributed by atoms with Crippen LogP contribution in [0.15, 0.2) is 79.1 Å². The molecule has 0 spiro atoms. The summed E-state index contributed by atoms with van der Waals surface area (Å²) in [7, 11) is 0. The molecular weight excluding hydrogens is 349 g/mol. The lowest BCUT2D eigenvalue weighted by atomic mass is 9.93. The number of hydrogen-bond acceptors (Lipinski definition) is 3. The predicted octanol–water partition coefficient (Wildman–Crippen LogP) is 5.67. The standard InChI is InChI=1S/C21H13ClFN3/c22-21-19(16-9-5-11-24-13-16)18(14-6-2-1-3-7-14)20(25-26-21)15-8-4-10-17(23)12-15/h1-13H. The van der Waals surface area contributed by atoms with E-state index in [2.05, 4.69) is 15.2 Å². The molecule has 0 saturated heterocycles. The van der Waals surface area contributed by atoms with Gasteiger partial charge in [0.1, 0.15) is 11.5 Å². The van der Waals surface area contributed by atoms with E-state index in [1.165, 1.54) is 12.1 Å². The second-order valence-electron chi connectivity index (χ2n) is 5.71. The first-order valence-corrected chi connectivity index (χ1v) is 8.40. The molecule has 2 heterocycles. The Morgan fingerprint density at radius 1 is 0.731 bits per heavy atom. The second-order valence-corrected chi connectivity index (χ2v) is 6.07. The van der Waals surface area contributed by atoms with Crippen molar-refractivity contribution >= 4 is 11.6 Å². The Kier molecular flexibility index (Phi) is 4.42. The Morgan fingerprint density at radius 2 is 1.50 bits per heavy atom. The molecule has 0 amide bonds. The molecule has 4 aromatic rings. The molecule has 0 bridgehead atoms. The highest BCUT2D eigenvalue weighted by Crippen LogP contribution is 2.41. The van der Waals surface area contributed by atoms with Crippen molar-refractivity contribution in [2.45, 2.75) is 0 Å². The predicted molar refractivity (Wildman–Crippen MR) is 101 cm³/mol. The number of halogens is 2. The third-order valence-corrected chi connectivity index (χ3v) is 4.31. The van der Waals surface area contributed by atoms with Gasteiger partial charge in [0.15, 0.2) is 5.15 Å². The van der Waals surface area contributed by atoms with Crippen molar-refractivity contribution in [1.29, 1.82) is 0 Å². The van der Waals surface area contributed by atoms with E-state index >= 15 is 0 Å². The van der Waals surface area contributed by atoms with Crippen LogP contribution in [0.3, 0.4) is 0 Å². The summed E-state index contributed by atoms with van der Waals surface area (Å²) in [4.78, 5) is 4.19. The van der Waals surface area contributed by atoms with Crippen LogP contribution in [0, 0.1) is 5.82 Å². The maximum Gasteiger partial charge on any atom is 0.160 e. The fraction of sp³-hybridized carbons (Fsp3) is 0. The van der Waals surface area contributed by atoms with Crippen molar-refractivity contribution in [3.8, 4) is 33.5 Å². The smallest absolute Gasteiger partial charge is 0.160 e. The van der Waals surface area contributed by atoms with Crippen LogP contribution in [0.25, 0.3) is 33.5 Å². The fourth-order valence-corrected chi connectivity index (χ4v) is 3.15. The SMILES string of the molecule is Fc1cccc(-c2nnc(Cl)c(-c3cccnc3)c2-c2ccccc2)c1. The van der Waals surface area contributed by atoms with Crippen LogP contribution < -0.4 is 0 Å². The second kappa shape index (κ2) is 7.02. The van der Waals surface area contributed by atoms with Crippen molar-refractivity contribution in [3.63, 3.8) is 0 Å². The van der Waals surface area contributed by atoms with Gasteiger partial charge in [-0.3, -0.25) is 4.98 Å². The van der Waals surface area contributed by atoms with E-state index in [1.54, 1.807) is 24.5 Å². The molecule has 0 N–H and O–H groups in total. The Hall–Kier alpha value is -3.11. The maximum absolute atomic E-state index is 13.8. The number of hydrogen-bond donors (Lipinski definition) is 0. The molecule has 3 nitrogen and oxygen atoms in total. The lowest BCUT2D eigenvalue weighted by Gasteiger charge is -2.15. The number of pyridine rings is 1. The summed E-state index contributed by atoms with van der Waals surface area (Å²) in [5.41, 5.74) is 4.47. The van der Waals surface area contributed by atoms with E-state index in [0.29, 0.717) is 11.3 Å². The third-order valence-electron chi connectivity index (χ3n) is 4.04. The van der Waals surface area contributed by atoms with Crippen molar-refractivity contribution in [2.75, 3.05) is 0 Å². The minimum Gasteiger partial charge on any atom is -0.264 e. The topological polar surface area (TPSA) is 38.7 Å². The van der Waals surface area contributed by atoms with Gasteiger partial charge in [-0.1, -0.05) is 60.1 Å². The molecule has 0 radical (unpaired) electrons. The van der Waals surface area contributed by atoms with Crippen molar-refractivity contribution in [2.24, 2.45) is 0 Å². The quantitative estimate of drug-likeness (QED) is 0.472. The fourth-order valence-electron chi connectivity index (χ4n) is 2.91. The van der Waals surface area contributed by atoms with Crippen LogP contribution in [0.4, 0.5) is 4.39 Å². The molecule has 126 valence electrons.